The van der Waals surface area contributed by atoms with Crippen LogP contribution in [0.1, 0.15) is 24.7 Å². The normalized spacial score (nSPS) is 22.4. The van der Waals surface area contributed by atoms with Gasteiger partial charge in [-0.2, -0.15) is 4.98 Å². The summed E-state index contributed by atoms with van der Waals surface area (Å²) in [6.07, 6.45) is 5.57. The van der Waals surface area contributed by atoms with E-state index in [1.807, 2.05) is 18.3 Å². The van der Waals surface area contributed by atoms with E-state index in [2.05, 4.69) is 32.4 Å². The number of hydrogen-bond acceptors (Lipinski definition) is 4. The topological polar surface area (TPSA) is 66.5 Å². The number of anilines is 1. The molecule has 0 spiro atoms. The van der Waals surface area contributed by atoms with E-state index < -0.39 is 0 Å². The van der Waals surface area contributed by atoms with Gasteiger partial charge in [-0.25, -0.2) is 0 Å². The summed E-state index contributed by atoms with van der Waals surface area (Å²) >= 11 is 0. The van der Waals surface area contributed by atoms with Gasteiger partial charge in [0.2, 0.25) is 5.95 Å². The molecule has 2 unspecified atom stereocenters. The molecular formula is C12H15N5. The summed E-state index contributed by atoms with van der Waals surface area (Å²) in [4.78, 5) is 8.49. The summed E-state index contributed by atoms with van der Waals surface area (Å²) in [6, 6.07) is 4.51. The molecule has 2 atom stereocenters. The molecule has 2 heterocycles. The van der Waals surface area contributed by atoms with Crippen LogP contribution in [0.2, 0.25) is 0 Å². The van der Waals surface area contributed by atoms with E-state index in [1.165, 1.54) is 6.42 Å². The average Bonchev–Trinajstić information content (AvgIpc) is 2.85. The van der Waals surface area contributed by atoms with E-state index in [9.17, 15) is 0 Å². The fourth-order valence-electron chi connectivity index (χ4n) is 1.82. The molecule has 1 saturated carbocycles. The number of nitrogens with one attached hydrogen (secondary N) is 2. The number of hydrogen-bond donors (Lipinski definition) is 2. The lowest BCUT2D eigenvalue weighted by Gasteiger charge is -1.97. The summed E-state index contributed by atoms with van der Waals surface area (Å²) in [7, 11) is 0. The number of nitrogens with zero attached hydrogens (tertiary/aromatic N) is 3. The van der Waals surface area contributed by atoms with Gasteiger partial charge in [0.15, 0.2) is 0 Å². The molecule has 1 fully saturated rings. The minimum absolute atomic E-state index is 0.553. The maximum Gasteiger partial charge on any atom is 0.242 e. The fourth-order valence-corrected chi connectivity index (χ4v) is 1.82. The van der Waals surface area contributed by atoms with Gasteiger partial charge < -0.3 is 5.32 Å². The Labute approximate surface area is 99.7 Å². The quantitative estimate of drug-likeness (QED) is 0.836. The van der Waals surface area contributed by atoms with E-state index in [0.717, 1.165) is 23.7 Å². The van der Waals surface area contributed by atoms with Gasteiger partial charge >= 0.3 is 0 Å². The molecule has 17 heavy (non-hydrogen) atoms. The third-order valence-corrected chi connectivity index (χ3v) is 3.05. The first kappa shape index (κ1) is 10.3. The number of rotatable bonds is 4. The highest BCUT2D eigenvalue weighted by Crippen LogP contribution is 2.31. The summed E-state index contributed by atoms with van der Waals surface area (Å²) in [5, 5.41) is 10.4. The van der Waals surface area contributed by atoms with Crippen molar-refractivity contribution in [3.05, 3.63) is 35.9 Å². The summed E-state index contributed by atoms with van der Waals surface area (Å²) in [5.41, 5.74) is 1.13. The molecule has 0 radical (unpaired) electrons. The molecule has 2 N–H and O–H groups in total. The van der Waals surface area contributed by atoms with Gasteiger partial charge in [0.1, 0.15) is 5.82 Å². The average molecular weight is 229 g/mol. The largest absolute Gasteiger partial charge is 0.350 e. The highest BCUT2D eigenvalue weighted by atomic mass is 15.3. The van der Waals surface area contributed by atoms with Crippen molar-refractivity contribution in [2.45, 2.75) is 25.8 Å². The Morgan fingerprint density at radius 1 is 1.53 bits per heavy atom. The first-order valence-electron chi connectivity index (χ1n) is 5.88. The second kappa shape index (κ2) is 4.16. The molecule has 0 aromatic carbocycles. The molecule has 0 saturated heterocycles. The van der Waals surface area contributed by atoms with Gasteiger partial charge in [0, 0.05) is 24.9 Å². The summed E-state index contributed by atoms with van der Waals surface area (Å²) in [6.45, 7) is 2.22. The van der Waals surface area contributed by atoms with Crippen LogP contribution in [-0.2, 0) is 6.42 Å². The van der Waals surface area contributed by atoms with Crippen LogP contribution in [-0.4, -0.2) is 26.2 Å². The van der Waals surface area contributed by atoms with Crippen LogP contribution in [0.4, 0.5) is 5.95 Å². The number of aromatic amines is 1. The lowest BCUT2D eigenvalue weighted by Crippen LogP contribution is -2.04. The highest BCUT2D eigenvalue weighted by molar-refractivity contribution is 5.29. The Morgan fingerprint density at radius 2 is 2.41 bits per heavy atom. The zero-order valence-corrected chi connectivity index (χ0v) is 9.72. The van der Waals surface area contributed by atoms with Crippen LogP contribution < -0.4 is 5.32 Å². The zero-order valence-electron chi connectivity index (χ0n) is 9.72. The van der Waals surface area contributed by atoms with Crippen molar-refractivity contribution in [1.29, 1.82) is 0 Å². The number of aromatic nitrogens is 4. The molecule has 0 aliphatic heterocycles. The maximum atomic E-state index is 4.41. The Bertz CT molecular complexity index is 493. The van der Waals surface area contributed by atoms with Crippen LogP contribution in [0.15, 0.2) is 24.5 Å². The van der Waals surface area contributed by atoms with E-state index in [0.29, 0.717) is 12.0 Å². The monoisotopic (exact) mass is 229 g/mol. The van der Waals surface area contributed by atoms with Crippen LogP contribution >= 0.6 is 0 Å². The molecule has 5 nitrogen and oxygen atoms in total. The predicted molar refractivity (Wildman–Crippen MR) is 64.6 cm³/mol. The van der Waals surface area contributed by atoms with E-state index in [1.54, 1.807) is 6.20 Å². The van der Waals surface area contributed by atoms with Gasteiger partial charge in [0.25, 0.3) is 0 Å². The highest BCUT2D eigenvalue weighted by Gasteiger charge is 2.33. The van der Waals surface area contributed by atoms with Crippen LogP contribution in [0.25, 0.3) is 0 Å². The maximum absolute atomic E-state index is 4.41. The minimum atomic E-state index is 0.553. The lowest BCUT2D eigenvalue weighted by molar-refractivity contribution is 0.915. The van der Waals surface area contributed by atoms with E-state index >= 15 is 0 Å². The van der Waals surface area contributed by atoms with Crippen molar-refractivity contribution in [1.82, 2.24) is 20.2 Å². The van der Waals surface area contributed by atoms with E-state index in [4.69, 9.17) is 0 Å². The molecule has 2 aromatic rings. The minimum Gasteiger partial charge on any atom is -0.350 e. The molecule has 1 aliphatic rings. The van der Waals surface area contributed by atoms with Gasteiger partial charge in [-0.3, -0.25) is 10.1 Å². The van der Waals surface area contributed by atoms with Gasteiger partial charge in [-0.15, -0.1) is 5.10 Å². The van der Waals surface area contributed by atoms with Crippen molar-refractivity contribution in [2.75, 3.05) is 5.32 Å². The third kappa shape index (κ3) is 2.43. The predicted octanol–water partition coefficient (Wildman–Crippen LogP) is 1.61. The molecule has 5 heteroatoms. The van der Waals surface area contributed by atoms with Crippen molar-refractivity contribution in [3.8, 4) is 0 Å². The van der Waals surface area contributed by atoms with Crippen LogP contribution in [0, 0.1) is 5.92 Å². The van der Waals surface area contributed by atoms with Gasteiger partial charge in [0.05, 0.1) is 0 Å². The Kier molecular flexibility index (Phi) is 2.51. The zero-order chi connectivity index (χ0) is 11.7. The van der Waals surface area contributed by atoms with Crippen molar-refractivity contribution < 1.29 is 0 Å². The number of H-pyrrole nitrogens is 1. The second-order valence-electron chi connectivity index (χ2n) is 4.61. The lowest BCUT2D eigenvalue weighted by atomic mass is 10.2. The molecule has 1 aliphatic carbocycles. The van der Waals surface area contributed by atoms with Gasteiger partial charge in [-0.05, 0) is 24.0 Å². The van der Waals surface area contributed by atoms with Crippen molar-refractivity contribution in [2.24, 2.45) is 5.92 Å². The molecular weight excluding hydrogens is 214 g/mol. The molecule has 0 bridgehead atoms. The van der Waals surface area contributed by atoms with Gasteiger partial charge in [-0.1, -0.05) is 13.0 Å². The standard InChI is InChI=1S/C12H15N5/c1-8-5-10(8)14-12-15-11(16-17-12)6-9-3-2-4-13-7-9/h2-4,7-8,10H,5-6H2,1H3,(H2,14,15,16,17). The van der Waals surface area contributed by atoms with Crippen LogP contribution in [0.5, 0.6) is 0 Å². The SMILES string of the molecule is CC1CC1Nc1n[nH]c(Cc2cccnc2)n1. The third-order valence-electron chi connectivity index (χ3n) is 3.05. The number of pyridine rings is 1. The smallest absolute Gasteiger partial charge is 0.242 e. The Balaban J connectivity index is 1.64. The van der Waals surface area contributed by atoms with Crippen molar-refractivity contribution in [3.63, 3.8) is 0 Å². The first-order chi connectivity index (χ1) is 8.31. The summed E-state index contributed by atoms with van der Waals surface area (Å²) < 4.78 is 0. The summed E-state index contributed by atoms with van der Waals surface area (Å²) in [5.74, 6) is 2.32. The van der Waals surface area contributed by atoms with Crippen LogP contribution in [0.3, 0.4) is 0 Å². The Hall–Kier alpha value is -1.91. The first-order valence-corrected chi connectivity index (χ1v) is 5.88. The fraction of sp³-hybridized carbons (Fsp3) is 0.417. The molecule has 2 aromatic heterocycles. The molecule has 0 amide bonds. The van der Waals surface area contributed by atoms with E-state index in [-0.39, 0.29) is 0 Å². The molecule has 88 valence electrons. The Morgan fingerprint density at radius 3 is 3.12 bits per heavy atom. The molecule has 3 rings (SSSR count). The second-order valence-corrected chi connectivity index (χ2v) is 4.61. The van der Waals surface area contributed by atoms with Crippen molar-refractivity contribution >= 4 is 5.95 Å².